The van der Waals surface area contributed by atoms with Gasteiger partial charge in [-0.25, -0.2) is 14.6 Å². The van der Waals surface area contributed by atoms with E-state index in [4.69, 9.17) is 0 Å². The van der Waals surface area contributed by atoms with Crippen LogP contribution >= 0.6 is 11.3 Å². The Morgan fingerprint density at radius 3 is 1.84 bits per heavy atom. The zero-order valence-electron chi connectivity index (χ0n) is 27.0. The van der Waals surface area contributed by atoms with Gasteiger partial charge >= 0.3 is 12.2 Å². The van der Waals surface area contributed by atoms with Crippen LogP contribution in [0.1, 0.15) is 70.2 Å². The lowest BCUT2D eigenvalue weighted by Crippen LogP contribution is -2.66. The van der Waals surface area contributed by atoms with E-state index in [1.165, 1.54) is 18.3 Å². The molecule has 0 aliphatic carbocycles. The molecule has 0 spiro atoms. The van der Waals surface area contributed by atoms with Crippen LogP contribution in [0.15, 0.2) is 53.4 Å². The second-order valence-corrected chi connectivity index (χ2v) is 15.2. The van der Waals surface area contributed by atoms with Gasteiger partial charge in [0.1, 0.15) is 6.26 Å². The van der Waals surface area contributed by atoms with Gasteiger partial charge in [0.25, 0.3) is 0 Å². The molecule has 0 aliphatic rings. The molecule has 0 saturated heterocycles. The van der Waals surface area contributed by atoms with E-state index in [0.29, 0.717) is 30.1 Å². The first-order chi connectivity index (χ1) is 20.9. The van der Waals surface area contributed by atoms with E-state index in [0.717, 1.165) is 36.4 Å². The molecule has 1 unspecified atom stereocenters. The van der Waals surface area contributed by atoms with Crippen LogP contribution in [0.4, 0.5) is 20.4 Å². The van der Waals surface area contributed by atoms with Gasteiger partial charge in [-0.05, 0) is 101 Å². The molecule has 0 saturated carbocycles. The number of benzene rings is 2. The largest absolute Gasteiger partial charge is 0.612 e. The Kier molecular flexibility index (Phi) is 11.5. The van der Waals surface area contributed by atoms with Gasteiger partial charge in [0.15, 0.2) is 16.3 Å². The molecule has 1 atom stereocenters. The van der Waals surface area contributed by atoms with Crippen LogP contribution in [-0.4, -0.2) is 71.3 Å². The second-order valence-electron chi connectivity index (χ2n) is 12.7. The van der Waals surface area contributed by atoms with Gasteiger partial charge in [0.2, 0.25) is 5.91 Å². The van der Waals surface area contributed by atoms with E-state index < -0.39 is 40.7 Å². The number of nitrogens with one attached hydrogen (secondary N) is 2. The topological polar surface area (TPSA) is 158 Å². The Labute approximate surface area is 271 Å². The molecule has 244 valence electrons. The van der Waals surface area contributed by atoms with Gasteiger partial charge in [-0.2, -0.15) is 0 Å². The lowest BCUT2D eigenvalue weighted by atomic mass is 10.0. The highest BCUT2D eigenvalue weighted by Crippen LogP contribution is 2.29. The van der Waals surface area contributed by atoms with E-state index in [1.807, 2.05) is 36.4 Å². The monoisotopic (exact) mass is 657 g/mol. The van der Waals surface area contributed by atoms with E-state index in [1.54, 1.807) is 59.9 Å². The highest BCUT2D eigenvalue weighted by Gasteiger charge is 2.43. The van der Waals surface area contributed by atoms with Gasteiger partial charge in [-0.3, -0.25) is 14.6 Å². The minimum atomic E-state index is -1.25. The smallest absolute Gasteiger partial charge is 0.410 e. The molecular formula is C32H43N5O6S2. The number of nitrogens with zero attached hydrogens (tertiary/aromatic N) is 3. The highest BCUT2D eigenvalue weighted by molar-refractivity contribution is 7.90. The number of carboxylic acid groups (broad SMARTS) is 2. The van der Waals surface area contributed by atoms with Crippen LogP contribution in [-0.2, 0) is 35.2 Å². The average Bonchev–Trinajstić information content (AvgIpc) is 3.26. The van der Waals surface area contributed by atoms with Crippen molar-refractivity contribution in [2.24, 2.45) is 0 Å². The van der Waals surface area contributed by atoms with Crippen molar-refractivity contribution in [1.82, 2.24) is 14.8 Å². The third-order valence-electron chi connectivity index (χ3n) is 6.93. The maximum Gasteiger partial charge on any atom is 0.410 e. The molecule has 0 fully saturated rings. The molecule has 13 heteroatoms. The van der Waals surface area contributed by atoms with Crippen LogP contribution in [0, 0.1) is 0 Å². The van der Waals surface area contributed by atoms with E-state index in [-0.39, 0.29) is 5.91 Å². The quantitative estimate of drug-likeness (QED) is 0.135. The van der Waals surface area contributed by atoms with Gasteiger partial charge in [-0.15, -0.1) is 11.3 Å². The summed E-state index contributed by atoms with van der Waals surface area (Å²) in [7, 11) is 0. The van der Waals surface area contributed by atoms with Crippen molar-refractivity contribution in [3.05, 3.63) is 70.2 Å². The number of thiazole rings is 1. The summed E-state index contributed by atoms with van der Waals surface area (Å²) in [6, 6.07) is 15.0. The van der Waals surface area contributed by atoms with Crippen LogP contribution in [0.25, 0.3) is 0 Å². The van der Waals surface area contributed by atoms with Gasteiger partial charge in [0.05, 0.1) is 5.69 Å². The highest BCUT2D eigenvalue weighted by atomic mass is 32.2. The molecule has 11 nitrogen and oxygen atoms in total. The van der Waals surface area contributed by atoms with Crippen LogP contribution in [0.5, 0.6) is 0 Å². The summed E-state index contributed by atoms with van der Waals surface area (Å²) in [5.74, 6) is -0.195. The Morgan fingerprint density at radius 2 is 1.40 bits per heavy atom. The molecule has 3 amide bonds. The van der Waals surface area contributed by atoms with E-state index >= 15 is 0 Å². The van der Waals surface area contributed by atoms with Crippen molar-refractivity contribution in [3.63, 3.8) is 0 Å². The molecule has 1 aromatic heterocycles. The number of carbonyl (C=O) groups excluding carboxylic acids is 1. The van der Waals surface area contributed by atoms with E-state index in [9.17, 15) is 29.1 Å². The minimum absolute atomic E-state index is 0.195. The lowest BCUT2D eigenvalue weighted by Gasteiger charge is -2.48. The van der Waals surface area contributed by atoms with Crippen LogP contribution in [0.2, 0.25) is 0 Å². The zero-order chi connectivity index (χ0) is 33.7. The number of amides is 3. The standard InChI is InChI=1S/C32H43N5O6S2/c1-20(38)33-27-35-25(26(44-27)19-22-11-16-24(17-12-22)45(8)43)18-13-21-9-14-23(15-10-21)34-28(36(29(39)40)31(2,3)4)37(30(41)42)32(5,6)7/h9-12,14-17,28,34H,13,18-19H2,1-8H3,(H,39,40)(H,41,42)(H,33,35,38). The fraction of sp³-hybridized carbons (Fsp3) is 0.438. The molecule has 0 radical (unpaired) electrons. The molecule has 0 bridgehead atoms. The fourth-order valence-corrected chi connectivity index (χ4v) is 6.45. The summed E-state index contributed by atoms with van der Waals surface area (Å²) < 4.78 is 11.8. The molecule has 0 aliphatic heterocycles. The molecular weight excluding hydrogens is 615 g/mol. The number of aromatic nitrogens is 1. The molecule has 3 aromatic rings. The number of carbonyl (C=O) groups is 3. The number of hydrogen-bond acceptors (Lipinski definition) is 7. The van der Waals surface area contributed by atoms with Crippen molar-refractivity contribution in [2.45, 2.75) is 90.0 Å². The van der Waals surface area contributed by atoms with Crippen molar-refractivity contribution in [1.29, 1.82) is 0 Å². The predicted molar refractivity (Wildman–Crippen MR) is 178 cm³/mol. The number of aryl methyl sites for hydroxylation is 2. The summed E-state index contributed by atoms with van der Waals surface area (Å²) in [6.45, 7) is 11.7. The summed E-state index contributed by atoms with van der Waals surface area (Å²) in [5, 5.41) is 26.7. The predicted octanol–water partition coefficient (Wildman–Crippen LogP) is 6.47. The van der Waals surface area contributed by atoms with E-state index in [2.05, 4.69) is 15.6 Å². The molecule has 4 N–H and O–H groups in total. The van der Waals surface area contributed by atoms with Crippen LogP contribution in [0.3, 0.4) is 0 Å². The van der Waals surface area contributed by atoms with Crippen molar-refractivity contribution < 1.29 is 29.1 Å². The first-order valence-corrected chi connectivity index (χ1v) is 16.8. The Hall–Kier alpha value is -3.81. The summed E-state index contributed by atoms with van der Waals surface area (Å²) in [4.78, 5) is 45.1. The van der Waals surface area contributed by atoms with Crippen molar-refractivity contribution in [3.8, 4) is 0 Å². The lowest BCUT2D eigenvalue weighted by molar-refractivity contribution is -0.114. The second kappa shape index (κ2) is 14.5. The Morgan fingerprint density at radius 1 is 0.889 bits per heavy atom. The minimum Gasteiger partial charge on any atom is -0.612 e. The van der Waals surface area contributed by atoms with Gasteiger partial charge < -0.3 is 25.4 Å². The molecule has 3 rings (SSSR count). The number of rotatable bonds is 11. The summed E-state index contributed by atoms with van der Waals surface area (Å²) >= 11 is 0.377. The first kappa shape index (κ1) is 35.7. The zero-order valence-corrected chi connectivity index (χ0v) is 28.6. The summed E-state index contributed by atoms with van der Waals surface area (Å²) in [6.07, 6.45) is -0.158. The Balaban J connectivity index is 1.83. The van der Waals surface area contributed by atoms with Crippen molar-refractivity contribution in [2.75, 3.05) is 16.9 Å². The Bertz CT molecular complexity index is 1450. The van der Waals surface area contributed by atoms with Gasteiger partial charge in [0, 0.05) is 35.0 Å². The maximum absolute atomic E-state index is 12.4. The number of hydrogen-bond donors (Lipinski definition) is 4. The molecule has 45 heavy (non-hydrogen) atoms. The maximum atomic E-state index is 12.4. The third-order valence-corrected chi connectivity index (χ3v) is 8.88. The fourth-order valence-electron chi connectivity index (χ4n) is 4.85. The van der Waals surface area contributed by atoms with Crippen LogP contribution < -0.4 is 10.6 Å². The number of anilines is 2. The third kappa shape index (κ3) is 9.84. The van der Waals surface area contributed by atoms with Crippen molar-refractivity contribution >= 4 is 51.4 Å². The first-order valence-electron chi connectivity index (χ1n) is 14.5. The molecule has 2 aromatic carbocycles. The molecule has 1 heterocycles. The average molecular weight is 658 g/mol. The normalized spacial score (nSPS) is 12.5. The summed E-state index contributed by atoms with van der Waals surface area (Å²) in [5.41, 5.74) is 1.68. The van der Waals surface area contributed by atoms with Gasteiger partial charge in [-0.1, -0.05) is 24.3 Å². The SMILES string of the molecule is CC(=O)Nc1nc(CCc2ccc(NC(N(C(=O)O)C(C)(C)C)N(C(=O)O)C(C)(C)C)cc2)c(Cc2ccc([S+](C)[O-])cc2)s1.